The highest BCUT2D eigenvalue weighted by Gasteiger charge is 1.86. The summed E-state index contributed by atoms with van der Waals surface area (Å²) in [7, 11) is 0. The maximum absolute atomic E-state index is 3.37. The van der Waals surface area contributed by atoms with Crippen molar-refractivity contribution in [2.24, 2.45) is 0 Å². The smallest absolute Gasteiger partial charge is 0.0175 e. The molecule has 0 aromatic heterocycles. The molecule has 0 heterocycles. The molecule has 0 aliphatic heterocycles. The van der Waals surface area contributed by atoms with Gasteiger partial charge in [0.15, 0.2) is 0 Å². The number of benzene rings is 1. The fraction of sp³-hybridized carbons (Fsp3) is 0.455. The minimum absolute atomic E-state index is 1.12. The molecule has 1 aromatic carbocycles. The first-order valence-electron chi connectivity index (χ1n) is 4.49. The molecule has 1 heteroatoms. The van der Waals surface area contributed by atoms with Crippen molar-refractivity contribution in [1.29, 1.82) is 0 Å². The van der Waals surface area contributed by atoms with Crippen LogP contribution in [0, 0.1) is 0 Å². The molecule has 0 atom stereocenters. The molecule has 0 unspecified atom stereocenters. The van der Waals surface area contributed by atoms with E-state index in [2.05, 4.69) is 61.0 Å². The van der Waals surface area contributed by atoms with Crippen LogP contribution in [0.15, 0.2) is 28.7 Å². The first-order chi connectivity index (χ1) is 5.74. The van der Waals surface area contributed by atoms with Crippen LogP contribution in [-0.4, -0.2) is 0 Å². The van der Waals surface area contributed by atoms with E-state index in [-0.39, 0.29) is 0 Å². The zero-order valence-corrected chi connectivity index (χ0v) is 9.69. The molecule has 0 bridgehead atoms. The summed E-state index contributed by atoms with van der Waals surface area (Å²) in [5.41, 5.74) is 1.39. The van der Waals surface area contributed by atoms with Gasteiger partial charge in [-0.1, -0.05) is 55.3 Å². The number of halogens is 1. The van der Waals surface area contributed by atoms with Gasteiger partial charge >= 0.3 is 0 Å². The van der Waals surface area contributed by atoms with Gasteiger partial charge in [0.05, 0.1) is 0 Å². The normalized spacial score (nSPS) is 8.67. The molecule has 12 heavy (non-hydrogen) atoms. The predicted molar refractivity (Wildman–Crippen MR) is 59.5 cm³/mol. The Kier molecular flexibility index (Phi) is 7.17. The minimum Gasteiger partial charge on any atom is -0.0656 e. The fourth-order valence-corrected chi connectivity index (χ4v) is 0.984. The van der Waals surface area contributed by atoms with E-state index >= 15 is 0 Å². The lowest BCUT2D eigenvalue weighted by atomic mass is 10.2. The van der Waals surface area contributed by atoms with Gasteiger partial charge in [0.25, 0.3) is 0 Å². The summed E-state index contributed by atoms with van der Waals surface area (Å²) in [6, 6.07) is 8.39. The number of aryl methyl sites for hydroxylation is 1. The minimum atomic E-state index is 1.12. The van der Waals surface area contributed by atoms with Crippen LogP contribution in [0.25, 0.3) is 0 Å². The van der Waals surface area contributed by atoms with Gasteiger partial charge in [-0.05, 0) is 24.1 Å². The summed E-state index contributed by atoms with van der Waals surface area (Å²) in [5.74, 6) is 0. The zero-order chi connectivity index (χ0) is 9.40. The monoisotopic (exact) mass is 228 g/mol. The molecule has 0 amide bonds. The maximum atomic E-state index is 3.37. The van der Waals surface area contributed by atoms with Crippen LogP contribution in [0.4, 0.5) is 0 Å². The van der Waals surface area contributed by atoms with E-state index in [1.165, 1.54) is 12.0 Å². The molecule has 0 aliphatic rings. The molecule has 1 rings (SSSR count). The number of hydrogen-bond donors (Lipinski definition) is 0. The summed E-state index contributed by atoms with van der Waals surface area (Å²) in [5, 5.41) is 0. The lowest BCUT2D eigenvalue weighted by Gasteiger charge is -1.93. The molecule has 0 spiro atoms. The average molecular weight is 229 g/mol. The third kappa shape index (κ3) is 5.36. The Hall–Kier alpha value is -0.300. The van der Waals surface area contributed by atoms with E-state index in [4.69, 9.17) is 0 Å². The van der Waals surface area contributed by atoms with Gasteiger partial charge in [0.1, 0.15) is 0 Å². The molecule has 0 saturated heterocycles. The predicted octanol–water partition coefficient (Wildman–Crippen LogP) is 4.43. The second kappa shape index (κ2) is 7.35. The Bertz CT molecular complexity index is 189. The molecular weight excluding hydrogens is 212 g/mol. The van der Waals surface area contributed by atoms with E-state index in [1.807, 2.05) is 0 Å². The largest absolute Gasteiger partial charge is 0.0656 e. The summed E-state index contributed by atoms with van der Waals surface area (Å²) in [4.78, 5) is 0. The third-order valence-electron chi connectivity index (χ3n) is 1.32. The standard InChI is InChI=1S/C8H9Br.C3H8/c1-2-7-3-5-8(9)6-4-7;1-3-2/h3-6H,2H2,1H3;3H2,1-2H3. The molecular formula is C11H17Br. The van der Waals surface area contributed by atoms with Gasteiger partial charge in [-0.2, -0.15) is 0 Å². The molecule has 0 aliphatic carbocycles. The topological polar surface area (TPSA) is 0 Å². The summed E-state index contributed by atoms with van der Waals surface area (Å²) >= 11 is 3.37. The molecule has 0 fully saturated rings. The van der Waals surface area contributed by atoms with E-state index in [1.54, 1.807) is 0 Å². The van der Waals surface area contributed by atoms with E-state index < -0.39 is 0 Å². The Labute approximate surface area is 84.1 Å². The Morgan fingerprint density at radius 1 is 1.00 bits per heavy atom. The van der Waals surface area contributed by atoms with E-state index in [0.29, 0.717) is 0 Å². The summed E-state index contributed by atoms with van der Waals surface area (Å²) in [6.45, 7) is 6.41. The second-order valence-corrected chi connectivity index (χ2v) is 3.60. The quantitative estimate of drug-likeness (QED) is 0.668. The van der Waals surface area contributed by atoms with Crippen LogP contribution in [0.2, 0.25) is 0 Å². The first kappa shape index (κ1) is 11.7. The molecule has 1 aromatic rings. The van der Waals surface area contributed by atoms with Gasteiger partial charge in [0.2, 0.25) is 0 Å². The average Bonchev–Trinajstić information content (AvgIpc) is 2.07. The molecule has 0 saturated carbocycles. The highest BCUT2D eigenvalue weighted by Crippen LogP contribution is 2.10. The van der Waals surface area contributed by atoms with Crippen molar-refractivity contribution < 1.29 is 0 Å². The van der Waals surface area contributed by atoms with Crippen LogP contribution < -0.4 is 0 Å². The van der Waals surface area contributed by atoms with Gasteiger partial charge in [-0.25, -0.2) is 0 Å². The highest BCUT2D eigenvalue weighted by atomic mass is 79.9. The fourth-order valence-electron chi connectivity index (χ4n) is 0.720. The zero-order valence-electron chi connectivity index (χ0n) is 8.10. The summed E-state index contributed by atoms with van der Waals surface area (Å²) < 4.78 is 1.15. The van der Waals surface area contributed by atoms with Crippen LogP contribution in [0.1, 0.15) is 32.8 Å². The highest BCUT2D eigenvalue weighted by molar-refractivity contribution is 9.10. The van der Waals surface area contributed by atoms with Crippen molar-refractivity contribution in [1.82, 2.24) is 0 Å². The molecule has 0 N–H and O–H groups in total. The summed E-state index contributed by atoms with van der Waals surface area (Å²) in [6.07, 6.45) is 2.37. The van der Waals surface area contributed by atoms with Gasteiger partial charge in [-0.15, -0.1) is 0 Å². The second-order valence-electron chi connectivity index (χ2n) is 2.69. The van der Waals surface area contributed by atoms with Gasteiger partial charge in [0, 0.05) is 4.47 Å². The van der Waals surface area contributed by atoms with Crippen molar-refractivity contribution in [2.75, 3.05) is 0 Å². The van der Waals surface area contributed by atoms with Crippen molar-refractivity contribution >= 4 is 15.9 Å². The molecule has 0 nitrogen and oxygen atoms in total. The first-order valence-corrected chi connectivity index (χ1v) is 5.28. The van der Waals surface area contributed by atoms with E-state index in [9.17, 15) is 0 Å². The third-order valence-corrected chi connectivity index (χ3v) is 1.85. The lowest BCUT2D eigenvalue weighted by molar-refractivity contribution is 1.09. The van der Waals surface area contributed by atoms with Crippen molar-refractivity contribution in [3.8, 4) is 0 Å². The van der Waals surface area contributed by atoms with Gasteiger partial charge < -0.3 is 0 Å². The maximum Gasteiger partial charge on any atom is 0.0175 e. The van der Waals surface area contributed by atoms with Crippen molar-refractivity contribution in [2.45, 2.75) is 33.6 Å². The number of hydrogen-bond acceptors (Lipinski definition) is 0. The SMILES string of the molecule is CCC.CCc1ccc(Br)cc1. The van der Waals surface area contributed by atoms with Gasteiger partial charge in [-0.3, -0.25) is 0 Å². The van der Waals surface area contributed by atoms with Crippen LogP contribution in [0.5, 0.6) is 0 Å². The Morgan fingerprint density at radius 2 is 1.42 bits per heavy atom. The van der Waals surface area contributed by atoms with E-state index in [0.717, 1.165) is 10.9 Å². The van der Waals surface area contributed by atoms with Crippen molar-refractivity contribution in [3.05, 3.63) is 34.3 Å². The number of rotatable bonds is 1. The van der Waals surface area contributed by atoms with Crippen LogP contribution in [0.3, 0.4) is 0 Å². The molecule has 0 radical (unpaired) electrons. The van der Waals surface area contributed by atoms with Crippen LogP contribution in [-0.2, 0) is 6.42 Å². The Balaban J connectivity index is 0.000000354. The lowest BCUT2D eigenvalue weighted by Crippen LogP contribution is -1.75. The van der Waals surface area contributed by atoms with Crippen molar-refractivity contribution in [3.63, 3.8) is 0 Å². The molecule has 68 valence electrons. The van der Waals surface area contributed by atoms with Crippen LogP contribution >= 0.6 is 15.9 Å². The Morgan fingerprint density at radius 3 is 1.75 bits per heavy atom.